The Hall–Kier alpha value is -8.02. The van der Waals surface area contributed by atoms with E-state index in [0.717, 1.165) is 94.4 Å². The summed E-state index contributed by atoms with van der Waals surface area (Å²) in [7, 11) is 0. The average molecular weight is 1550 g/mol. The number of aryl methyl sites for hydroxylation is 17. The molecule has 16 heteroatoms. The Balaban J connectivity index is 0.000000412. The van der Waals surface area contributed by atoms with Gasteiger partial charge in [-0.25, -0.2) is 46.3 Å². The zero-order valence-electron chi connectivity index (χ0n) is 72.8. The minimum atomic E-state index is -0.736. The third kappa shape index (κ3) is 45.0. The summed E-state index contributed by atoms with van der Waals surface area (Å²) in [5.41, 5.74) is 15.7. The largest absolute Gasteiger partial charge is 0.353 e. The molecular formula is C96H136F6N6O4. The molecule has 15 rings (SSSR count). The molecule has 6 aliphatic rings. The molecule has 2 saturated heterocycles. The maximum Gasteiger partial charge on any atom is 0.161 e. The summed E-state index contributed by atoms with van der Waals surface area (Å²) in [4.78, 5) is 24.0. The number of pyridine rings is 2. The number of aromatic nitrogens is 6. The van der Waals surface area contributed by atoms with Gasteiger partial charge in [-0.2, -0.15) is 0 Å². The van der Waals surface area contributed by atoms with E-state index in [1.807, 2.05) is 145 Å². The Morgan fingerprint density at radius 3 is 0.759 bits per heavy atom. The zero-order chi connectivity index (χ0) is 84.3. The normalized spacial score (nSPS) is 19.9. The van der Waals surface area contributed by atoms with Gasteiger partial charge in [-0.1, -0.05) is 151 Å². The van der Waals surface area contributed by atoms with Crippen molar-refractivity contribution in [1.29, 1.82) is 0 Å². The van der Waals surface area contributed by atoms with Gasteiger partial charge in [0.05, 0.1) is 26.4 Å². The Kier molecular flexibility index (Phi) is 47.5. The van der Waals surface area contributed by atoms with Crippen molar-refractivity contribution in [2.45, 2.75) is 257 Å². The van der Waals surface area contributed by atoms with Gasteiger partial charge in [0, 0.05) is 66.0 Å². The number of nitrogens with zero attached hydrogens (tertiary/aromatic N) is 6. The van der Waals surface area contributed by atoms with Crippen LogP contribution in [0.5, 0.6) is 0 Å². The van der Waals surface area contributed by atoms with E-state index < -0.39 is 23.3 Å². The number of hydrogen-bond acceptors (Lipinski definition) is 10. The van der Waals surface area contributed by atoms with Crippen LogP contribution in [-0.2, 0) is 18.9 Å². The quantitative estimate of drug-likeness (QED) is 0.136. The van der Waals surface area contributed by atoms with Crippen molar-refractivity contribution in [3.63, 3.8) is 0 Å². The van der Waals surface area contributed by atoms with E-state index in [0.29, 0.717) is 39.7 Å². The third-order valence-corrected chi connectivity index (χ3v) is 19.5. The highest BCUT2D eigenvalue weighted by Gasteiger charge is 2.43. The molecule has 0 N–H and O–H groups in total. The molecule has 112 heavy (non-hydrogen) atoms. The maximum absolute atomic E-state index is 12.6. The summed E-state index contributed by atoms with van der Waals surface area (Å²) < 4.78 is 96.3. The Labute approximate surface area is 671 Å². The summed E-state index contributed by atoms with van der Waals surface area (Å²) in [6.45, 7) is 54.5. The summed E-state index contributed by atoms with van der Waals surface area (Å²) in [5, 5.41) is 0. The highest BCUT2D eigenvalue weighted by molar-refractivity contribution is 5.26. The van der Waals surface area contributed by atoms with Gasteiger partial charge >= 0.3 is 0 Å². The molecule has 616 valence electrons. The molecule has 0 unspecified atom stereocenters. The fraction of sp³-hybridized carbons (Fsp3) is 0.500. The van der Waals surface area contributed by atoms with Crippen molar-refractivity contribution in [3.8, 4) is 0 Å². The summed E-state index contributed by atoms with van der Waals surface area (Å²) in [6.07, 6.45) is 25.9. The van der Waals surface area contributed by atoms with Crippen molar-refractivity contribution in [2.24, 2.45) is 34.5 Å². The molecule has 0 atom stereocenters. The number of fused-ring (bicyclic) bond motifs is 3. The number of benzene rings is 5. The van der Waals surface area contributed by atoms with Crippen LogP contribution in [-0.4, -0.2) is 68.9 Å². The molecule has 10 nitrogen and oxygen atoms in total. The van der Waals surface area contributed by atoms with E-state index in [-0.39, 0.29) is 29.8 Å². The maximum atomic E-state index is 12.6. The molecule has 0 spiro atoms. The molecule has 4 aromatic heterocycles. The molecule has 4 aliphatic carbocycles. The first-order valence-corrected chi connectivity index (χ1v) is 39.6. The van der Waals surface area contributed by atoms with E-state index in [9.17, 15) is 26.3 Å². The van der Waals surface area contributed by atoms with Crippen molar-refractivity contribution in [2.75, 3.05) is 26.4 Å². The van der Waals surface area contributed by atoms with Crippen LogP contribution in [0, 0.1) is 194 Å². The third-order valence-electron chi connectivity index (χ3n) is 19.5. The van der Waals surface area contributed by atoms with Crippen molar-refractivity contribution in [1.82, 2.24) is 29.9 Å². The number of rotatable bonds is 0. The lowest BCUT2D eigenvalue weighted by molar-refractivity contribution is -0.187. The molecular weight excluding hydrogens is 1420 g/mol. The standard InChI is InChI=1S/C10H18.2C8H8F2.2C8H9F.C8H16.C8H10.2C7H9N.2C6H8N2.2C6H12O2/c1-9-3-6-10(2,7-4-9)8-5-9;1-5-3-7(9)6(2)8(10)4-5;1-5-3-4-6(2)8(10)7(5)9;2*1-6-3-4-7(2)8(9)5-6;2*1-7-3-5-8(2)6-4-7;2*1-6-3-4-7(2)8-5-6;4*1-5-3-7-6(2)8-4-5/h3-8H2,1-2H3;2*3-4H,1-2H3;2*3-5H,1-2H3;7-8H,3-6H2,1-2H3;3-6H,1-2H3;2*3-5H,1-2H3;2*3-4H,1-2H3;2*5-6H,3-4H2,1-2H3. The van der Waals surface area contributed by atoms with Crippen LogP contribution >= 0.6 is 0 Å². The molecule has 4 saturated carbocycles. The monoisotopic (exact) mass is 1550 g/mol. The second-order valence-electron chi connectivity index (χ2n) is 32.1. The van der Waals surface area contributed by atoms with Gasteiger partial charge in [0.15, 0.2) is 24.2 Å². The van der Waals surface area contributed by atoms with Crippen LogP contribution in [0.3, 0.4) is 0 Å². The molecule has 6 heterocycles. The van der Waals surface area contributed by atoms with E-state index in [4.69, 9.17) is 18.9 Å². The second kappa shape index (κ2) is 53.1. The summed E-state index contributed by atoms with van der Waals surface area (Å²) >= 11 is 0. The Bertz CT molecular complexity index is 3450. The van der Waals surface area contributed by atoms with Gasteiger partial charge < -0.3 is 18.9 Å². The van der Waals surface area contributed by atoms with Gasteiger partial charge in [-0.3, -0.25) is 9.97 Å². The fourth-order valence-electron chi connectivity index (χ4n) is 10.9. The number of ether oxygens (including phenoxy) is 4. The van der Waals surface area contributed by atoms with Crippen molar-refractivity contribution in [3.05, 3.63) is 282 Å². The van der Waals surface area contributed by atoms with Gasteiger partial charge in [0.1, 0.15) is 34.9 Å². The van der Waals surface area contributed by atoms with Crippen LogP contribution < -0.4 is 0 Å². The van der Waals surface area contributed by atoms with Crippen LogP contribution in [0.25, 0.3) is 0 Å². The van der Waals surface area contributed by atoms with Crippen molar-refractivity contribution < 1.29 is 45.3 Å². The molecule has 6 fully saturated rings. The second-order valence-corrected chi connectivity index (χ2v) is 32.1. The average Bonchev–Trinajstić information content (AvgIpc) is 0.785. The number of hydrogen-bond donors (Lipinski definition) is 0. The smallest absolute Gasteiger partial charge is 0.161 e. The van der Waals surface area contributed by atoms with Gasteiger partial charge in [-0.05, 0) is 297 Å². The minimum absolute atomic E-state index is 0.0196. The summed E-state index contributed by atoms with van der Waals surface area (Å²) in [5.74, 6) is 2.20. The first-order chi connectivity index (χ1) is 52.6. The molecule has 2 aliphatic heterocycles. The molecule has 5 aromatic carbocycles. The molecule has 0 radical (unpaired) electrons. The first kappa shape index (κ1) is 100. The van der Waals surface area contributed by atoms with Crippen LogP contribution in [0.4, 0.5) is 26.3 Å². The molecule has 0 amide bonds. The highest BCUT2D eigenvalue weighted by atomic mass is 19.2. The lowest BCUT2D eigenvalue weighted by Gasteiger charge is -2.50. The molecule has 9 aromatic rings. The summed E-state index contributed by atoms with van der Waals surface area (Å²) in [6, 6.07) is 32.8. The van der Waals surface area contributed by atoms with Crippen LogP contribution in [0.1, 0.15) is 221 Å². The fourth-order valence-corrected chi connectivity index (χ4v) is 10.9. The van der Waals surface area contributed by atoms with Gasteiger partial charge in [0.2, 0.25) is 0 Å². The Morgan fingerprint density at radius 2 is 0.527 bits per heavy atom. The van der Waals surface area contributed by atoms with E-state index in [1.54, 1.807) is 45.0 Å². The van der Waals surface area contributed by atoms with Gasteiger partial charge in [-0.15, -0.1) is 0 Å². The lowest BCUT2D eigenvalue weighted by atomic mass is 9.55. The van der Waals surface area contributed by atoms with E-state index >= 15 is 0 Å². The number of halogens is 6. The zero-order valence-corrected chi connectivity index (χ0v) is 72.8. The lowest BCUT2D eigenvalue weighted by Crippen LogP contribution is -2.37. The first-order valence-electron chi connectivity index (χ1n) is 39.6. The topological polar surface area (TPSA) is 114 Å². The predicted octanol–water partition coefficient (Wildman–Crippen LogP) is 26.2. The SMILES string of the molecule is CC12CCC(C)(CC1)CC2.CC1CCC(C)CC1.CC1COC(C)OC1.CC1COC(C)OC1.Cc1cc(F)c(C)c(F)c1.Cc1ccc(C)c(F)c1.Cc1ccc(C)c(F)c1.Cc1ccc(C)c(F)c1F.Cc1ccc(C)cc1.Cc1ccc(C)nc1.Cc1ccc(C)nc1.Cc1cnc(C)nc1.Cc1cnc(C)nc1. The Morgan fingerprint density at radius 1 is 0.277 bits per heavy atom. The predicted molar refractivity (Wildman–Crippen MR) is 452 cm³/mol. The van der Waals surface area contributed by atoms with E-state index in [2.05, 4.69) is 122 Å². The van der Waals surface area contributed by atoms with Crippen LogP contribution in [0.2, 0.25) is 0 Å². The van der Waals surface area contributed by atoms with Crippen LogP contribution in [0.15, 0.2) is 146 Å². The minimum Gasteiger partial charge on any atom is -0.353 e. The van der Waals surface area contributed by atoms with Crippen molar-refractivity contribution >= 4 is 0 Å². The molecule has 2 bridgehead atoms. The van der Waals surface area contributed by atoms with E-state index in [1.165, 1.54) is 131 Å². The highest BCUT2D eigenvalue weighted by Crippen LogP contribution is 2.56. The van der Waals surface area contributed by atoms with Gasteiger partial charge in [0.25, 0.3) is 0 Å².